The number of ether oxygens (including phenoxy) is 1. The maximum atomic E-state index is 8.98. The van der Waals surface area contributed by atoms with Gasteiger partial charge in [0, 0.05) is 0 Å². The lowest BCUT2D eigenvalue weighted by Crippen LogP contribution is -1.92. The van der Waals surface area contributed by atoms with Crippen molar-refractivity contribution < 1.29 is 9.94 Å². The third-order valence-corrected chi connectivity index (χ3v) is 3.71. The number of rotatable bonds is 4. The number of anilines is 2. The van der Waals surface area contributed by atoms with E-state index in [9.17, 15) is 0 Å². The summed E-state index contributed by atoms with van der Waals surface area (Å²) < 4.78 is 5.29. The van der Waals surface area contributed by atoms with Crippen LogP contribution < -0.4 is 16.0 Å². The molecule has 2 aromatic heterocycles. The number of aromatic amines is 1. The van der Waals surface area contributed by atoms with Crippen LogP contribution in [0.4, 0.5) is 11.5 Å². The first kappa shape index (κ1) is 13.5. The molecule has 3 aromatic rings. The van der Waals surface area contributed by atoms with E-state index >= 15 is 0 Å². The zero-order valence-corrected chi connectivity index (χ0v) is 11.8. The van der Waals surface area contributed by atoms with Crippen molar-refractivity contribution in [2.24, 2.45) is 0 Å². The van der Waals surface area contributed by atoms with E-state index in [-0.39, 0.29) is 0 Å². The summed E-state index contributed by atoms with van der Waals surface area (Å²) in [6.45, 7) is 0. The van der Waals surface area contributed by atoms with Crippen LogP contribution in [0.5, 0.6) is 5.75 Å². The van der Waals surface area contributed by atoms with Gasteiger partial charge >= 0.3 is 0 Å². The number of nitrogens with zero attached hydrogens (tertiary/aromatic N) is 3. The molecule has 2 heterocycles. The summed E-state index contributed by atoms with van der Waals surface area (Å²) >= 11 is 1.34. The normalized spacial score (nSPS) is 10.8. The van der Waals surface area contributed by atoms with Crippen molar-refractivity contribution in [3.05, 3.63) is 24.5 Å². The molecule has 1 aromatic carbocycles. The molecule has 0 radical (unpaired) electrons. The standard InChI is InChI=1S/C12H12N6O2S/c1-20-7-3-2-6(18-19)4-8(7)21-12-16-9-10(13)14-5-15-11(9)17-12/h2-5,18-19H,1H3,(H3,13,14,15,16,17). The first-order valence-electron chi connectivity index (χ1n) is 5.93. The lowest BCUT2D eigenvalue weighted by molar-refractivity contribution is 0.387. The molecule has 108 valence electrons. The van der Waals surface area contributed by atoms with Gasteiger partial charge in [0.1, 0.15) is 12.1 Å². The van der Waals surface area contributed by atoms with Crippen molar-refractivity contribution in [1.29, 1.82) is 0 Å². The number of hydrogen-bond donors (Lipinski definition) is 4. The fraction of sp³-hybridized carbons (Fsp3) is 0.0833. The molecule has 0 aliphatic carbocycles. The highest BCUT2D eigenvalue weighted by molar-refractivity contribution is 7.99. The zero-order chi connectivity index (χ0) is 14.8. The molecule has 0 aliphatic heterocycles. The van der Waals surface area contributed by atoms with Crippen LogP contribution in [0.1, 0.15) is 0 Å². The van der Waals surface area contributed by atoms with E-state index < -0.39 is 0 Å². The van der Waals surface area contributed by atoms with Gasteiger partial charge in [-0.25, -0.2) is 15.0 Å². The largest absolute Gasteiger partial charge is 0.496 e. The Balaban J connectivity index is 1.99. The molecule has 5 N–H and O–H groups in total. The summed E-state index contributed by atoms with van der Waals surface area (Å²) in [6, 6.07) is 5.19. The summed E-state index contributed by atoms with van der Waals surface area (Å²) in [5.74, 6) is 0.986. The number of H-pyrrole nitrogens is 1. The van der Waals surface area contributed by atoms with Gasteiger partial charge in [-0.2, -0.15) is 0 Å². The lowest BCUT2D eigenvalue weighted by Gasteiger charge is -2.08. The summed E-state index contributed by atoms with van der Waals surface area (Å²) in [7, 11) is 1.58. The van der Waals surface area contributed by atoms with Crippen LogP contribution in [0.25, 0.3) is 11.2 Å². The van der Waals surface area contributed by atoms with Crippen LogP contribution in [-0.4, -0.2) is 32.3 Å². The Bertz CT molecular complexity index is 791. The first-order valence-corrected chi connectivity index (χ1v) is 6.75. The Hall–Kier alpha value is -2.52. The molecule has 0 fully saturated rings. The van der Waals surface area contributed by atoms with Gasteiger partial charge in [-0.1, -0.05) is 0 Å². The van der Waals surface area contributed by atoms with Crippen molar-refractivity contribution in [1.82, 2.24) is 19.9 Å². The fourth-order valence-corrected chi connectivity index (χ4v) is 2.73. The van der Waals surface area contributed by atoms with Crippen LogP contribution in [0, 0.1) is 0 Å². The molecule has 21 heavy (non-hydrogen) atoms. The number of nitrogen functional groups attached to an aromatic ring is 1. The van der Waals surface area contributed by atoms with Crippen LogP contribution in [-0.2, 0) is 0 Å². The second-order valence-corrected chi connectivity index (χ2v) is 5.11. The number of hydrogen-bond acceptors (Lipinski definition) is 8. The Morgan fingerprint density at radius 3 is 2.95 bits per heavy atom. The Morgan fingerprint density at radius 1 is 1.38 bits per heavy atom. The third-order valence-electron chi connectivity index (χ3n) is 2.79. The number of nitrogens with one attached hydrogen (secondary N) is 2. The second kappa shape index (κ2) is 5.46. The fourth-order valence-electron chi connectivity index (χ4n) is 1.80. The van der Waals surface area contributed by atoms with E-state index in [2.05, 4.69) is 25.4 Å². The minimum absolute atomic E-state index is 0.320. The van der Waals surface area contributed by atoms with E-state index in [4.69, 9.17) is 15.7 Å². The number of nitrogens with two attached hydrogens (primary N) is 1. The Morgan fingerprint density at radius 2 is 2.24 bits per heavy atom. The third kappa shape index (κ3) is 2.56. The highest BCUT2D eigenvalue weighted by Crippen LogP contribution is 2.36. The van der Waals surface area contributed by atoms with Gasteiger partial charge in [-0.05, 0) is 30.0 Å². The van der Waals surface area contributed by atoms with Crippen LogP contribution in [0.3, 0.4) is 0 Å². The smallest absolute Gasteiger partial charge is 0.172 e. The van der Waals surface area contributed by atoms with Gasteiger partial charge in [0.15, 0.2) is 22.1 Å². The van der Waals surface area contributed by atoms with E-state index in [1.54, 1.807) is 25.3 Å². The molecule has 0 saturated carbocycles. The van der Waals surface area contributed by atoms with Gasteiger partial charge in [0.2, 0.25) is 0 Å². The predicted molar refractivity (Wildman–Crippen MR) is 78.6 cm³/mol. The number of methoxy groups -OCH3 is 1. The van der Waals surface area contributed by atoms with E-state index in [1.807, 2.05) is 0 Å². The molecular weight excluding hydrogens is 292 g/mol. The van der Waals surface area contributed by atoms with Gasteiger partial charge in [-0.15, -0.1) is 0 Å². The molecule has 0 atom stereocenters. The highest BCUT2D eigenvalue weighted by Gasteiger charge is 2.12. The number of fused-ring (bicyclic) bond motifs is 1. The van der Waals surface area contributed by atoms with Crippen molar-refractivity contribution in [2.45, 2.75) is 10.1 Å². The molecule has 3 rings (SSSR count). The first-order chi connectivity index (χ1) is 10.2. The maximum absolute atomic E-state index is 8.98. The summed E-state index contributed by atoms with van der Waals surface area (Å²) in [4.78, 5) is 16.2. The molecule has 0 amide bonds. The summed E-state index contributed by atoms with van der Waals surface area (Å²) in [6.07, 6.45) is 1.38. The SMILES string of the molecule is COc1ccc(NO)cc1Sc1nc2c(N)ncnc2[nH]1. The Labute approximate surface area is 123 Å². The minimum Gasteiger partial charge on any atom is -0.496 e. The average Bonchev–Trinajstić information content (AvgIpc) is 2.91. The van der Waals surface area contributed by atoms with Crippen molar-refractivity contribution in [2.75, 3.05) is 18.3 Å². The summed E-state index contributed by atoms with van der Waals surface area (Å²) in [5, 5.41) is 9.59. The number of aromatic nitrogens is 4. The molecular formula is C12H12N6O2S. The van der Waals surface area contributed by atoms with Crippen LogP contribution in [0.15, 0.2) is 34.6 Å². The van der Waals surface area contributed by atoms with E-state index in [0.717, 1.165) is 4.90 Å². The van der Waals surface area contributed by atoms with E-state index in [1.165, 1.54) is 18.1 Å². The molecule has 9 heteroatoms. The van der Waals surface area contributed by atoms with Crippen molar-refractivity contribution >= 4 is 34.4 Å². The average molecular weight is 304 g/mol. The molecule has 0 unspecified atom stereocenters. The number of imidazole rings is 1. The Kier molecular flexibility index (Phi) is 3.50. The molecule has 0 aliphatic rings. The maximum Gasteiger partial charge on any atom is 0.172 e. The minimum atomic E-state index is 0.320. The molecule has 0 saturated heterocycles. The van der Waals surface area contributed by atoms with Gasteiger partial charge in [0.05, 0.1) is 17.7 Å². The summed E-state index contributed by atoms with van der Waals surface area (Å²) in [5.41, 5.74) is 9.50. The number of benzene rings is 1. The van der Waals surface area contributed by atoms with E-state index in [0.29, 0.717) is 33.6 Å². The lowest BCUT2D eigenvalue weighted by atomic mass is 10.3. The van der Waals surface area contributed by atoms with Crippen molar-refractivity contribution in [3.8, 4) is 5.75 Å². The molecule has 0 bridgehead atoms. The van der Waals surface area contributed by atoms with Gasteiger partial charge in [0.25, 0.3) is 0 Å². The zero-order valence-electron chi connectivity index (χ0n) is 11.0. The topological polar surface area (TPSA) is 122 Å². The molecule has 0 spiro atoms. The quantitative estimate of drug-likeness (QED) is 0.539. The highest BCUT2D eigenvalue weighted by atomic mass is 32.2. The predicted octanol–water partition coefficient (Wildman–Crippen LogP) is 1.90. The second-order valence-electron chi connectivity index (χ2n) is 4.08. The van der Waals surface area contributed by atoms with Crippen molar-refractivity contribution in [3.63, 3.8) is 0 Å². The molecule has 8 nitrogen and oxygen atoms in total. The monoisotopic (exact) mass is 304 g/mol. The van der Waals surface area contributed by atoms with Crippen LogP contribution >= 0.6 is 11.8 Å². The van der Waals surface area contributed by atoms with Crippen LogP contribution in [0.2, 0.25) is 0 Å². The van der Waals surface area contributed by atoms with Gasteiger partial charge < -0.3 is 15.5 Å². The van der Waals surface area contributed by atoms with Gasteiger partial charge in [-0.3, -0.25) is 10.7 Å².